The van der Waals surface area contributed by atoms with Gasteiger partial charge < -0.3 is 15.4 Å². The van der Waals surface area contributed by atoms with Gasteiger partial charge in [0.25, 0.3) is 11.8 Å². The summed E-state index contributed by atoms with van der Waals surface area (Å²) in [6, 6.07) is 12.0. The van der Waals surface area contributed by atoms with Crippen molar-refractivity contribution >= 4 is 62.9 Å². The minimum absolute atomic E-state index is 0. The number of aromatic nitrogens is 2. The van der Waals surface area contributed by atoms with Crippen LogP contribution in [0.5, 0.6) is 5.75 Å². The van der Waals surface area contributed by atoms with E-state index in [2.05, 4.69) is 41.9 Å². The van der Waals surface area contributed by atoms with Crippen LogP contribution in [0, 0.1) is 12.8 Å². The minimum Gasteiger partial charge on any atom is -0.492 e. The van der Waals surface area contributed by atoms with Crippen molar-refractivity contribution in [3.63, 3.8) is 0 Å². The number of benzene rings is 1. The monoisotopic (exact) mass is 597 g/mol. The number of thiophene rings is 2. The molecule has 0 bridgehead atoms. The molecule has 2 amide bonds. The Balaban J connectivity index is 0.00000370. The second kappa shape index (κ2) is 12.9. The molecule has 40 heavy (non-hydrogen) atoms. The number of nitrogens with one attached hydrogen (secondary N) is 3. The minimum atomic E-state index is -0.458. The number of aryl methyl sites for hydroxylation is 1. The van der Waals surface area contributed by atoms with Crippen LogP contribution in [0.15, 0.2) is 53.0 Å². The molecule has 5 rings (SSSR count). The van der Waals surface area contributed by atoms with Gasteiger partial charge in [-0.1, -0.05) is 19.9 Å². The van der Waals surface area contributed by atoms with Gasteiger partial charge in [0.1, 0.15) is 28.7 Å². The molecular formula is C29H32ClN5O3S2. The Hall–Kier alpha value is -3.31. The second-order valence-electron chi connectivity index (χ2n) is 9.82. The summed E-state index contributed by atoms with van der Waals surface area (Å²) in [5.41, 5.74) is 2.60. The number of anilines is 1. The first-order valence-corrected chi connectivity index (χ1v) is 14.6. The lowest BCUT2D eigenvalue weighted by Crippen LogP contribution is -2.24. The molecule has 3 N–H and O–H groups in total. The van der Waals surface area contributed by atoms with Crippen molar-refractivity contribution in [2.75, 3.05) is 25.0 Å². The SMILES string of the molecule is CC1=C(Nc2nc(-c3cccs3)nc3sc(-c4ccc(OCCNCCC(C)C)cc4)c(C)c23)C(=O)NC1=O.Cl. The molecule has 0 atom stereocenters. The van der Waals surface area contributed by atoms with Crippen LogP contribution in [0.2, 0.25) is 0 Å². The van der Waals surface area contributed by atoms with Crippen molar-refractivity contribution in [2.45, 2.75) is 34.1 Å². The maximum Gasteiger partial charge on any atom is 0.275 e. The summed E-state index contributed by atoms with van der Waals surface area (Å²) in [4.78, 5) is 36.9. The zero-order chi connectivity index (χ0) is 27.5. The molecule has 210 valence electrons. The number of carbonyl (C=O) groups is 2. The highest BCUT2D eigenvalue weighted by atomic mass is 35.5. The Labute approximate surface area is 247 Å². The summed E-state index contributed by atoms with van der Waals surface area (Å²) >= 11 is 3.12. The normalized spacial score (nSPS) is 13.2. The molecule has 1 aromatic carbocycles. The Morgan fingerprint density at radius 2 is 1.80 bits per heavy atom. The average molecular weight is 598 g/mol. The van der Waals surface area contributed by atoms with Gasteiger partial charge in [-0.15, -0.1) is 35.1 Å². The summed E-state index contributed by atoms with van der Waals surface area (Å²) in [5, 5.41) is 11.7. The molecule has 0 spiro atoms. The van der Waals surface area contributed by atoms with Gasteiger partial charge in [0.15, 0.2) is 5.82 Å². The van der Waals surface area contributed by atoms with Gasteiger partial charge in [-0.05, 0) is 79.6 Å². The van der Waals surface area contributed by atoms with Crippen LogP contribution in [0.25, 0.3) is 31.4 Å². The van der Waals surface area contributed by atoms with Crippen LogP contribution in [0.4, 0.5) is 5.82 Å². The van der Waals surface area contributed by atoms with E-state index in [1.54, 1.807) is 29.6 Å². The van der Waals surface area contributed by atoms with E-state index in [1.807, 2.05) is 36.6 Å². The van der Waals surface area contributed by atoms with Crippen molar-refractivity contribution in [3.8, 4) is 26.9 Å². The molecule has 4 aromatic rings. The van der Waals surface area contributed by atoms with Gasteiger partial charge in [0, 0.05) is 17.0 Å². The van der Waals surface area contributed by atoms with Crippen LogP contribution in [-0.4, -0.2) is 41.5 Å². The van der Waals surface area contributed by atoms with Gasteiger partial charge in [0.2, 0.25) is 0 Å². The Bertz CT molecular complexity index is 1550. The lowest BCUT2D eigenvalue weighted by Gasteiger charge is -2.10. The zero-order valence-corrected chi connectivity index (χ0v) is 25.2. The fourth-order valence-electron chi connectivity index (χ4n) is 4.29. The van der Waals surface area contributed by atoms with Gasteiger partial charge in [-0.25, -0.2) is 9.97 Å². The van der Waals surface area contributed by atoms with Gasteiger partial charge in [-0.2, -0.15) is 0 Å². The predicted molar refractivity (Wildman–Crippen MR) is 165 cm³/mol. The summed E-state index contributed by atoms with van der Waals surface area (Å²) in [6.45, 7) is 10.5. The Morgan fingerprint density at radius 3 is 2.45 bits per heavy atom. The first-order valence-electron chi connectivity index (χ1n) is 12.9. The Morgan fingerprint density at radius 1 is 1.02 bits per heavy atom. The quantitative estimate of drug-likeness (QED) is 0.140. The van der Waals surface area contributed by atoms with E-state index in [0.717, 1.165) is 56.4 Å². The van der Waals surface area contributed by atoms with Crippen molar-refractivity contribution in [2.24, 2.45) is 5.92 Å². The molecule has 0 saturated carbocycles. The molecule has 3 aromatic heterocycles. The second-order valence-corrected chi connectivity index (χ2v) is 11.8. The topological polar surface area (TPSA) is 105 Å². The number of carbonyl (C=O) groups excluding carboxylic acids is 2. The van der Waals surface area contributed by atoms with Gasteiger partial charge >= 0.3 is 0 Å². The van der Waals surface area contributed by atoms with E-state index in [9.17, 15) is 9.59 Å². The van der Waals surface area contributed by atoms with E-state index < -0.39 is 11.8 Å². The highest BCUT2D eigenvalue weighted by Gasteiger charge is 2.29. The molecule has 0 unspecified atom stereocenters. The first kappa shape index (κ1) is 29.7. The molecular weight excluding hydrogens is 566 g/mol. The lowest BCUT2D eigenvalue weighted by molar-refractivity contribution is -0.124. The fourth-order valence-corrected chi connectivity index (χ4v) is 6.14. The maximum atomic E-state index is 12.4. The molecule has 1 aliphatic rings. The summed E-state index contributed by atoms with van der Waals surface area (Å²) < 4.78 is 5.91. The Kier molecular flexibility index (Phi) is 9.57. The number of nitrogens with zero attached hydrogens (tertiary/aromatic N) is 2. The molecule has 1 aliphatic heterocycles. The summed E-state index contributed by atoms with van der Waals surface area (Å²) in [5.74, 6) is 1.73. The van der Waals surface area contributed by atoms with Gasteiger partial charge in [0.05, 0.1) is 10.3 Å². The number of fused-ring (bicyclic) bond motifs is 1. The van der Waals surface area contributed by atoms with Crippen molar-refractivity contribution in [1.29, 1.82) is 0 Å². The van der Waals surface area contributed by atoms with E-state index in [4.69, 9.17) is 14.7 Å². The van der Waals surface area contributed by atoms with Crippen LogP contribution in [0.3, 0.4) is 0 Å². The van der Waals surface area contributed by atoms with Crippen LogP contribution in [0.1, 0.15) is 32.8 Å². The van der Waals surface area contributed by atoms with Crippen molar-refractivity contribution in [1.82, 2.24) is 20.6 Å². The van der Waals surface area contributed by atoms with Crippen molar-refractivity contribution in [3.05, 3.63) is 58.6 Å². The average Bonchev–Trinajstić information content (AvgIpc) is 3.62. The predicted octanol–water partition coefficient (Wildman–Crippen LogP) is 6.17. The fraction of sp³-hybridized carbons (Fsp3) is 0.310. The number of ether oxygens (including phenoxy) is 1. The molecule has 0 aliphatic carbocycles. The van der Waals surface area contributed by atoms with Gasteiger partial charge in [-0.3, -0.25) is 14.9 Å². The van der Waals surface area contributed by atoms with E-state index in [1.165, 1.54) is 0 Å². The molecule has 4 heterocycles. The molecule has 0 fully saturated rings. The molecule has 8 nitrogen and oxygen atoms in total. The highest BCUT2D eigenvalue weighted by molar-refractivity contribution is 7.22. The third-order valence-corrected chi connectivity index (χ3v) is 8.61. The first-order chi connectivity index (χ1) is 18.8. The number of rotatable bonds is 11. The number of amides is 2. The lowest BCUT2D eigenvalue weighted by atomic mass is 10.1. The molecule has 11 heteroatoms. The third kappa shape index (κ3) is 6.36. The standard InChI is InChI=1S/C29H31N5O3S2.ClH/c1-16(2)11-12-30-13-14-37-20-9-7-19(8-10-20)24-17(3)22-26(31-23-18(4)27(35)34-28(23)36)32-25(33-29(22)39-24)21-6-5-15-38-21;/h5-10,15-16,30H,11-14H2,1-4H3,(H2,31,32,33,34,35,36);1H. The highest BCUT2D eigenvalue weighted by Crippen LogP contribution is 2.42. The van der Waals surface area contributed by atoms with Crippen LogP contribution < -0.4 is 20.7 Å². The smallest absolute Gasteiger partial charge is 0.275 e. The number of hydrogen-bond acceptors (Lipinski definition) is 9. The molecule has 0 saturated heterocycles. The zero-order valence-electron chi connectivity index (χ0n) is 22.8. The third-order valence-electron chi connectivity index (χ3n) is 6.51. The molecule has 0 radical (unpaired) electrons. The largest absolute Gasteiger partial charge is 0.492 e. The van der Waals surface area contributed by atoms with E-state index in [0.29, 0.717) is 29.7 Å². The number of imide groups is 1. The summed E-state index contributed by atoms with van der Waals surface area (Å²) in [7, 11) is 0. The van der Waals surface area contributed by atoms with Crippen molar-refractivity contribution < 1.29 is 14.3 Å². The van der Waals surface area contributed by atoms with E-state index in [-0.39, 0.29) is 18.1 Å². The number of hydrogen-bond donors (Lipinski definition) is 3. The van der Waals surface area contributed by atoms with Crippen LogP contribution in [-0.2, 0) is 9.59 Å². The number of halogens is 1. The van der Waals surface area contributed by atoms with Crippen LogP contribution >= 0.6 is 35.1 Å². The van der Waals surface area contributed by atoms with E-state index >= 15 is 0 Å². The summed E-state index contributed by atoms with van der Waals surface area (Å²) in [6.07, 6.45) is 1.15. The maximum absolute atomic E-state index is 12.4.